The van der Waals surface area contributed by atoms with Gasteiger partial charge in [0.25, 0.3) is 0 Å². The van der Waals surface area contributed by atoms with Crippen molar-refractivity contribution in [3.63, 3.8) is 0 Å². The minimum atomic E-state index is 0.296. The van der Waals surface area contributed by atoms with Gasteiger partial charge in [-0.25, -0.2) is 10.0 Å². The van der Waals surface area contributed by atoms with E-state index in [4.69, 9.17) is 4.74 Å². The van der Waals surface area contributed by atoms with Crippen LogP contribution in [-0.4, -0.2) is 28.7 Å². The van der Waals surface area contributed by atoms with Crippen molar-refractivity contribution in [1.29, 1.82) is 0 Å². The molecule has 0 spiro atoms. The predicted molar refractivity (Wildman–Crippen MR) is 67.6 cm³/mol. The van der Waals surface area contributed by atoms with E-state index in [1.165, 1.54) is 12.0 Å². The van der Waals surface area contributed by atoms with Crippen LogP contribution >= 0.6 is 0 Å². The Morgan fingerprint density at radius 3 is 2.35 bits per heavy atom. The number of nitrogens with zero attached hydrogens (tertiary/aromatic N) is 2. The Labute approximate surface area is 103 Å². The fourth-order valence-corrected chi connectivity index (χ4v) is 3.26. The first-order valence-electron chi connectivity index (χ1n) is 6.26. The van der Waals surface area contributed by atoms with Crippen LogP contribution in [0.2, 0.25) is 0 Å². The molecule has 92 valence electrons. The fourth-order valence-electron chi connectivity index (χ4n) is 3.26. The highest BCUT2D eigenvalue weighted by molar-refractivity contribution is 5.32. The normalized spacial score (nSPS) is 37.6. The number of ether oxygens (including phenoxy) is 1. The largest absolute Gasteiger partial charge is 0.497 e. The van der Waals surface area contributed by atoms with Crippen LogP contribution in [0.5, 0.6) is 5.75 Å². The quantitative estimate of drug-likeness (QED) is 0.729. The first-order valence-corrected chi connectivity index (χ1v) is 6.26. The van der Waals surface area contributed by atoms with Crippen LogP contribution in [0.25, 0.3) is 0 Å². The molecule has 2 saturated heterocycles. The van der Waals surface area contributed by atoms with E-state index < -0.39 is 0 Å². The standard InChI is InChI=1S/C14H20N2O/c1-10-9-14(2,3)16-13(15(10)16)11-5-7-12(17-4)8-6-11/h5-8,10,13H,9H2,1-4H3. The Morgan fingerprint density at radius 2 is 1.88 bits per heavy atom. The highest BCUT2D eigenvalue weighted by Crippen LogP contribution is 2.55. The number of methoxy groups -OCH3 is 1. The Hall–Kier alpha value is -1.06. The zero-order valence-corrected chi connectivity index (χ0v) is 11.0. The van der Waals surface area contributed by atoms with E-state index in [-0.39, 0.29) is 0 Å². The molecular weight excluding hydrogens is 212 g/mol. The van der Waals surface area contributed by atoms with Gasteiger partial charge >= 0.3 is 0 Å². The third-order valence-corrected chi connectivity index (χ3v) is 3.96. The molecule has 17 heavy (non-hydrogen) atoms. The third-order valence-electron chi connectivity index (χ3n) is 3.96. The molecule has 1 aromatic carbocycles. The molecule has 4 atom stereocenters. The summed E-state index contributed by atoms with van der Waals surface area (Å²) in [7, 11) is 1.71. The lowest BCUT2D eigenvalue weighted by Crippen LogP contribution is -2.28. The molecule has 0 saturated carbocycles. The lowest BCUT2D eigenvalue weighted by Gasteiger charge is -2.22. The molecule has 0 bridgehead atoms. The van der Waals surface area contributed by atoms with Gasteiger partial charge in [0.2, 0.25) is 0 Å². The number of hydrogen-bond donors (Lipinski definition) is 0. The zero-order valence-electron chi connectivity index (χ0n) is 11.0. The van der Waals surface area contributed by atoms with Crippen LogP contribution < -0.4 is 4.74 Å². The molecule has 2 aliphatic heterocycles. The summed E-state index contributed by atoms with van der Waals surface area (Å²) in [4.78, 5) is 0. The van der Waals surface area contributed by atoms with Gasteiger partial charge in [-0.15, -0.1) is 0 Å². The predicted octanol–water partition coefficient (Wildman–Crippen LogP) is 2.80. The summed E-state index contributed by atoms with van der Waals surface area (Å²) in [6.07, 6.45) is 1.72. The van der Waals surface area contributed by atoms with Crippen LogP contribution in [0.4, 0.5) is 0 Å². The first kappa shape index (κ1) is 11.1. The Bertz CT molecular complexity index is 426. The Morgan fingerprint density at radius 1 is 1.24 bits per heavy atom. The van der Waals surface area contributed by atoms with Crippen molar-refractivity contribution in [2.45, 2.75) is 44.9 Å². The van der Waals surface area contributed by atoms with Crippen molar-refractivity contribution >= 4 is 0 Å². The number of hydrogen-bond acceptors (Lipinski definition) is 3. The minimum Gasteiger partial charge on any atom is -0.497 e. The molecule has 0 aliphatic carbocycles. The fraction of sp³-hybridized carbons (Fsp3) is 0.571. The van der Waals surface area contributed by atoms with Gasteiger partial charge in [-0.1, -0.05) is 12.1 Å². The van der Waals surface area contributed by atoms with Gasteiger partial charge in [0.05, 0.1) is 7.11 Å². The van der Waals surface area contributed by atoms with E-state index in [1.54, 1.807) is 7.11 Å². The van der Waals surface area contributed by atoms with Crippen LogP contribution in [0.15, 0.2) is 24.3 Å². The van der Waals surface area contributed by atoms with E-state index in [0.717, 1.165) is 5.75 Å². The van der Waals surface area contributed by atoms with Gasteiger partial charge in [0.15, 0.2) is 0 Å². The average molecular weight is 232 g/mol. The lowest BCUT2D eigenvalue weighted by atomic mass is 9.96. The van der Waals surface area contributed by atoms with Crippen molar-refractivity contribution in [1.82, 2.24) is 10.0 Å². The second kappa shape index (κ2) is 3.47. The van der Waals surface area contributed by atoms with Crippen LogP contribution in [0.1, 0.15) is 38.9 Å². The van der Waals surface area contributed by atoms with Gasteiger partial charge in [-0.2, -0.15) is 0 Å². The Balaban J connectivity index is 1.83. The summed E-state index contributed by atoms with van der Waals surface area (Å²) in [6.45, 7) is 6.96. The summed E-state index contributed by atoms with van der Waals surface area (Å²) in [5.74, 6) is 0.928. The van der Waals surface area contributed by atoms with Crippen molar-refractivity contribution in [2.24, 2.45) is 0 Å². The Kier molecular flexibility index (Phi) is 2.25. The van der Waals surface area contributed by atoms with Crippen molar-refractivity contribution in [2.75, 3.05) is 7.11 Å². The smallest absolute Gasteiger partial charge is 0.118 e. The summed E-state index contributed by atoms with van der Waals surface area (Å²) < 4.78 is 5.20. The lowest BCUT2D eigenvalue weighted by molar-refractivity contribution is 0.242. The maximum absolute atomic E-state index is 5.20. The summed E-state index contributed by atoms with van der Waals surface area (Å²) in [5.41, 5.74) is 1.66. The second-order valence-electron chi connectivity index (χ2n) is 5.74. The summed E-state index contributed by atoms with van der Waals surface area (Å²) in [6, 6.07) is 9.08. The molecule has 3 nitrogen and oxygen atoms in total. The van der Waals surface area contributed by atoms with E-state index in [2.05, 4.69) is 42.9 Å². The number of rotatable bonds is 2. The third kappa shape index (κ3) is 1.57. The van der Waals surface area contributed by atoms with E-state index in [0.29, 0.717) is 17.7 Å². The van der Waals surface area contributed by atoms with Gasteiger partial charge in [0, 0.05) is 11.6 Å². The number of hydrazine groups is 1. The highest BCUT2D eigenvalue weighted by Gasteiger charge is 2.61. The van der Waals surface area contributed by atoms with Gasteiger partial charge in [-0.05, 0) is 44.9 Å². The molecule has 0 N–H and O–H groups in total. The minimum absolute atomic E-state index is 0.296. The summed E-state index contributed by atoms with van der Waals surface area (Å²) >= 11 is 0. The van der Waals surface area contributed by atoms with Gasteiger partial charge in [-0.3, -0.25) is 0 Å². The summed E-state index contributed by atoms with van der Waals surface area (Å²) in [5, 5.41) is 4.99. The molecule has 1 aromatic rings. The van der Waals surface area contributed by atoms with Crippen molar-refractivity contribution in [3.05, 3.63) is 29.8 Å². The molecule has 4 unspecified atom stereocenters. The topological polar surface area (TPSA) is 15.2 Å². The van der Waals surface area contributed by atoms with Crippen LogP contribution in [-0.2, 0) is 0 Å². The highest BCUT2D eigenvalue weighted by atomic mass is 16.5. The molecule has 2 fully saturated rings. The van der Waals surface area contributed by atoms with E-state index >= 15 is 0 Å². The SMILES string of the molecule is COc1ccc(C2N3C(C)CC(C)(C)N23)cc1. The molecule has 3 heteroatoms. The molecule has 2 heterocycles. The van der Waals surface area contributed by atoms with Crippen LogP contribution in [0.3, 0.4) is 0 Å². The monoisotopic (exact) mass is 232 g/mol. The molecule has 2 aliphatic rings. The van der Waals surface area contributed by atoms with E-state index in [1.807, 2.05) is 12.1 Å². The van der Waals surface area contributed by atoms with Crippen LogP contribution in [0, 0.1) is 0 Å². The number of fused-ring (bicyclic) bond motifs is 1. The van der Waals surface area contributed by atoms with E-state index in [9.17, 15) is 0 Å². The number of benzene rings is 1. The average Bonchev–Trinajstić information content (AvgIpc) is 2.99. The van der Waals surface area contributed by atoms with Crippen molar-refractivity contribution in [3.8, 4) is 5.75 Å². The second-order valence-corrected chi connectivity index (χ2v) is 5.74. The molecule has 0 radical (unpaired) electrons. The maximum Gasteiger partial charge on any atom is 0.118 e. The van der Waals surface area contributed by atoms with Gasteiger partial charge in [0.1, 0.15) is 11.9 Å². The molecule has 3 rings (SSSR count). The molecular formula is C14H20N2O. The molecule has 0 amide bonds. The first-order chi connectivity index (χ1) is 8.04. The zero-order chi connectivity index (χ0) is 12.2. The molecule has 0 aromatic heterocycles. The van der Waals surface area contributed by atoms with Crippen molar-refractivity contribution < 1.29 is 4.74 Å². The van der Waals surface area contributed by atoms with Gasteiger partial charge < -0.3 is 4.74 Å². The maximum atomic E-state index is 5.20.